The maximum absolute atomic E-state index is 6.25. The molecule has 0 amide bonds. The van der Waals surface area contributed by atoms with Gasteiger partial charge in [0, 0.05) is 43.8 Å². The average Bonchev–Trinajstić information content (AvgIpc) is 3.37. The Labute approximate surface area is 242 Å². The van der Waals surface area contributed by atoms with Crippen LogP contribution < -0.4 is 10.6 Å². The first-order chi connectivity index (χ1) is 19.4. The minimum absolute atomic E-state index is 0.658. The zero-order valence-corrected chi connectivity index (χ0v) is 24.1. The Kier molecular flexibility index (Phi) is 8.61. The molecule has 4 aromatic rings. The van der Waals surface area contributed by atoms with E-state index in [0.717, 1.165) is 71.3 Å². The summed E-state index contributed by atoms with van der Waals surface area (Å²) in [6.07, 6.45) is 6.55. The van der Waals surface area contributed by atoms with Gasteiger partial charge in [-0.25, -0.2) is 4.98 Å². The van der Waals surface area contributed by atoms with Crippen LogP contribution in [0.4, 0.5) is 0 Å². The Morgan fingerprint density at radius 1 is 0.800 bits per heavy atom. The molecule has 5 nitrogen and oxygen atoms in total. The van der Waals surface area contributed by atoms with Gasteiger partial charge in [-0.15, -0.1) is 0 Å². The fraction of sp³-hybridized carbons (Fsp3) is 0.265. The molecule has 1 saturated heterocycles. The highest BCUT2D eigenvalue weighted by atomic mass is 35.5. The topological polar surface area (TPSA) is 44.6 Å². The fourth-order valence-electron chi connectivity index (χ4n) is 5.22. The number of pyridine rings is 1. The van der Waals surface area contributed by atoms with Crippen LogP contribution in [0.15, 0.2) is 86.6 Å². The molecule has 1 aliphatic rings. The van der Waals surface area contributed by atoms with E-state index in [1.807, 2.05) is 22.7 Å². The molecule has 0 spiro atoms. The van der Waals surface area contributed by atoms with E-state index in [2.05, 4.69) is 90.7 Å². The maximum atomic E-state index is 6.25. The highest BCUT2D eigenvalue weighted by molar-refractivity contribution is 6.30. The van der Waals surface area contributed by atoms with Crippen LogP contribution in [0.25, 0.3) is 22.7 Å². The van der Waals surface area contributed by atoms with Crippen molar-refractivity contribution in [3.8, 4) is 0 Å². The van der Waals surface area contributed by atoms with Gasteiger partial charge in [0.15, 0.2) is 0 Å². The fourth-order valence-corrected chi connectivity index (χ4v) is 5.38. The third kappa shape index (κ3) is 6.26. The van der Waals surface area contributed by atoms with Crippen molar-refractivity contribution in [2.45, 2.75) is 45.7 Å². The number of aromatic nitrogens is 2. The molecular weight excluding hydrogens is 514 g/mol. The predicted molar refractivity (Wildman–Crippen MR) is 169 cm³/mol. The Morgan fingerprint density at radius 2 is 1.40 bits per heavy atom. The van der Waals surface area contributed by atoms with Crippen LogP contribution in [-0.2, 0) is 19.5 Å². The molecule has 0 aliphatic carbocycles. The number of nitrogens with one attached hydrogen (secondary N) is 2. The molecule has 0 bridgehead atoms. The summed E-state index contributed by atoms with van der Waals surface area (Å²) in [6.45, 7) is 18.6. The number of hydrogen-bond acceptors (Lipinski definition) is 4. The summed E-state index contributed by atoms with van der Waals surface area (Å²) in [5.41, 5.74) is 10.4. The van der Waals surface area contributed by atoms with Gasteiger partial charge in [0.25, 0.3) is 0 Å². The van der Waals surface area contributed by atoms with Gasteiger partial charge in [-0.05, 0) is 60.1 Å². The number of nitrogens with zero attached hydrogens (tertiary/aromatic N) is 3. The van der Waals surface area contributed by atoms with Gasteiger partial charge in [0.1, 0.15) is 5.65 Å². The van der Waals surface area contributed by atoms with E-state index in [9.17, 15) is 0 Å². The number of halogens is 1. The first kappa shape index (κ1) is 27.6. The second kappa shape index (κ2) is 12.5. The first-order valence-corrected chi connectivity index (χ1v) is 14.5. The third-order valence-corrected chi connectivity index (χ3v) is 7.84. The molecular formula is C34H38ClN5. The van der Waals surface area contributed by atoms with Crippen molar-refractivity contribution in [1.82, 2.24) is 24.9 Å². The van der Waals surface area contributed by atoms with Crippen LogP contribution in [0, 0.1) is 0 Å². The van der Waals surface area contributed by atoms with Gasteiger partial charge < -0.3 is 15.5 Å². The van der Waals surface area contributed by atoms with Crippen LogP contribution in [0.5, 0.6) is 0 Å². The van der Waals surface area contributed by atoms with E-state index < -0.39 is 0 Å². The number of imidazole rings is 1. The molecule has 40 heavy (non-hydrogen) atoms. The van der Waals surface area contributed by atoms with Gasteiger partial charge in [-0.2, -0.15) is 0 Å². The third-order valence-electron chi connectivity index (χ3n) is 7.61. The van der Waals surface area contributed by atoms with Crippen LogP contribution in [0.2, 0.25) is 5.02 Å². The second-order valence-corrected chi connectivity index (χ2v) is 10.8. The minimum Gasteiger partial charge on any atom is -0.381 e. The van der Waals surface area contributed by atoms with Crippen molar-refractivity contribution in [1.29, 1.82) is 0 Å². The van der Waals surface area contributed by atoms with Crippen LogP contribution in [0.1, 0.15) is 59.8 Å². The molecule has 2 N–H and O–H groups in total. The number of likely N-dealkylation sites (tertiary alicyclic amines) is 1. The summed E-state index contributed by atoms with van der Waals surface area (Å²) < 4.78 is 2.01. The molecule has 0 radical (unpaired) electrons. The van der Waals surface area contributed by atoms with E-state index >= 15 is 0 Å². The number of fused-ring (bicyclic) bond motifs is 1. The SMILES string of the molecule is C=C(NCc1ccc(C(=C)N2CCCCC2)cc1)c1ccc(CNC(=C)c2c(CC)nc3ccc(Cl)cn23)cc1. The minimum atomic E-state index is 0.658. The normalized spacial score (nSPS) is 13.3. The lowest BCUT2D eigenvalue weighted by Gasteiger charge is -2.30. The van der Waals surface area contributed by atoms with Crippen LogP contribution >= 0.6 is 11.6 Å². The van der Waals surface area contributed by atoms with Gasteiger partial charge >= 0.3 is 0 Å². The average molecular weight is 552 g/mol. The maximum Gasteiger partial charge on any atom is 0.137 e. The Bertz CT molecular complexity index is 1510. The highest BCUT2D eigenvalue weighted by Gasteiger charge is 2.15. The zero-order valence-electron chi connectivity index (χ0n) is 23.3. The lowest BCUT2D eigenvalue weighted by molar-refractivity contribution is 0.326. The molecule has 2 aromatic heterocycles. The standard InChI is InChI=1S/C34H38ClN5/c1-5-32-34(40-23-31(35)17-18-33(40)38-32)25(3)37-22-27-9-13-29(14-10-27)24(2)36-21-28-11-15-30(16-12-28)26(4)39-19-7-6-8-20-39/h9-18,23,36-37H,2-8,19-22H2,1H3. The summed E-state index contributed by atoms with van der Waals surface area (Å²) in [5, 5.41) is 7.61. The zero-order chi connectivity index (χ0) is 28.1. The molecule has 1 aliphatic heterocycles. The number of aryl methyl sites for hydroxylation is 1. The van der Waals surface area contributed by atoms with E-state index in [1.165, 1.54) is 30.4 Å². The lowest BCUT2D eigenvalue weighted by Crippen LogP contribution is -2.27. The van der Waals surface area contributed by atoms with Crippen LogP contribution in [-0.4, -0.2) is 27.4 Å². The Balaban J connectivity index is 1.14. The van der Waals surface area contributed by atoms with Crippen molar-refractivity contribution in [2.24, 2.45) is 0 Å². The molecule has 1 fully saturated rings. The summed E-state index contributed by atoms with van der Waals surface area (Å²) in [4.78, 5) is 7.14. The summed E-state index contributed by atoms with van der Waals surface area (Å²) >= 11 is 6.25. The van der Waals surface area contributed by atoms with Crippen molar-refractivity contribution in [3.05, 3.63) is 125 Å². The Morgan fingerprint density at radius 3 is 2.02 bits per heavy atom. The molecule has 6 heteroatoms. The van der Waals surface area contributed by atoms with Gasteiger partial charge in [0.05, 0.1) is 22.1 Å². The molecule has 0 saturated carbocycles. The molecule has 206 valence electrons. The summed E-state index contributed by atoms with van der Waals surface area (Å²) in [5.74, 6) is 0. The number of rotatable bonds is 11. The molecule has 5 rings (SSSR count). The quantitative estimate of drug-likeness (QED) is 0.202. The molecule has 3 heterocycles. The van der Waals surface area contributed by atoms with Gasteiger partial charge in [0.2, 0.25) is 0 Å². The highest BCUT2D eigenvalue weighted by Crippen LogP contribution is 2.24. The van der Waals surface area contributed by atoms with Crippen molar-refractivity contribution in [2.75, 3.05) is 13.1 Å². The Hall–Kier alpha value is -3.96. The van der Waals surface area contributed by atoms with E-state index in [4.69, 9.17) is 16.6 Å². The summed E-state index contributed by atoms with van der Waals surface area (Å²) in [6, 6.07) is 20.9. The monoisotopic (exact) mass is 551 g/mol. The van der Waals surface area contributed by atoms with E-state index in [-0.39, 0.29) is 0 Å². The van der Waals surface area contributed by atoms with Crippen LogP contribution in [0.3, 0.4) is 0 Å². The molecule has 0 unspecified atom stereocenters. The first-order valence-electron chi connectivity index (χ1n) is 14.1. The van der Waals surface area contributed by atoms with Gasteiger partial charge in [-0.1, -0.05) is 86.8 Å². The lowest BCUT2D eigenvalue weighted by atomic mass is 10.1. The summed E-state index contributed by atoms with van der Waals surface area (Å²) in [7, 11) is 0. The number of benzene rings is 2. The number of piperidine rings is 1. The smallest absolute Gasteiger partial charge is 0.137 e. The molecule has 2 aromatic carbocycles. The number of hydrogen-bond donors (Lipinski definition) is 2. The predicted octanol–water partition coefficient (Wildman–Crippen LogP) is 7.53. The largest absolute Gasteiger partial charge is 0.381 e. The van der Waals surface area contributed by atoms with Crippen molar-refractivity contribution >= 4 is 34.3 Å². The second-order valence-electron chi connectivity index (χ2n) is 10.4. The van der Waals surface area contributed by atoms with Gasteiger partial charge in [-0.3, -0.25) is 4.40 Å². The van der Waals surface area contributed by atoms with Crippen molar-refractivity contribution < 1.29 is 0 Å². The van der Waals surface area contributed by atoms with E-state index in [1.54, 1.807) is 0 Å². The van der Waals surface area contributed by atoms with E-state index in [0.29, 0.717) is 11.6 Å². The van der Waals surface area contributed by atoms with Crippen molar-refractivity contribution in [3.63, 3.8) is 0 Å². The molecule has 0 atom stereocenters.